The number of aromatic amines is 1. The van der Waals surface area contributed by atoms with Gasteiger partial charge in [-0.05, 0) is 49.1 Å². The summed E-state index contributed by atoms with van der Waals surface area (Å²) in [5.41, 5.74) is 4.40. The zero-order chi connectivity index (χ0) is 20.8. The second-order valence-electron chi connectivity index (χ2n) is 6.56. The summed E-state index contributed by atoms with van der Waals surface area (Å²) in [6, 6.07) is 10.4. The van der Waals surface area contributed by atoms with Gasteiger partial charge in [0, 0.05) is 17.7 Å². The number of thiophene rings is 1. The van der Waals surface area contributed by atoms with Crippen molar-refractivity contribution in [3.05, 3.63) is 47.0 Å². The molecule has 2 N–H and O–H groups in total. The molecule has 29 heavy (non-hydrogen) atoms. The van der Waals surface area contributed by atoms with E-state index < -0.39 is 0 Å². The summed E-state index contributed by atoms with van der Waals surface area (Å²) < 4.78 is 6.10. The monoisotopic (exact) mass is 447 g/mol. The van der Waals surface area contributed by atoms with Crippen LogP contribution < -0.4 is 5.32 Å². The number of fused-ring (bicyclic) bond motifs is 1. The van der Waals surface area contributed by atoms with E-state index in [1.165, 1.54) is 10.9 Å². The quantitative estimate of drug-likeness (QED) is 0.363. The molecule has 0 amide bonds. The summed E-state index contributed by atoms with van der Waals surface area (Å²) >= 11 is 7.34. The predicted octanol–water partition coefficient (Wildman–Crippen LogP) is 5.37. The fourth-order valence-electron chi connectivity index (χ4n) is 3.05. The minimum absolute atomic E-state index is 0.147. The number of aliphatic imine (C=N–C) groups is 1. The summed E-state index contributed by atoms with van der Waals surface area (Å²) in [7, 11) is 1.92. The van der Waals surface area contributed by atoms with Crippen LogP contribution in [0.5, 0.6) is 0 Å². The molecule has 0 aliphatic carbocycles. The molecule has 0 saturated heterocycles. The smallest absolute Gasteiger partial charge is 0.306 e. The Morgan fingerprint density at radius 2 is 2.24 bits per heavy atom. The topological polar surface area (TPSA) is 66.5 Å². The minimum atomic E-state index is -0.147. The van der Waals surface area contributed by atoms with Gasteiger partial charge < -0.3 is 15.0 Å². The van der Waals surface area contributed by atoms with Gasteiger partial charge >= 0.3 is 5.97 Å². The van der Waals surface area contributed by atoms with Crippen molar-refractivity contribution in [1.82, 2.24) is 4.98 Å². The number of esters is 1. The highest BCUT2D eigenvalue weighted by atomic mass is 32.2. The Kier molecular flexibility index (Phi) is 7.69. The van der Waals surface area contributed by atoms with Crippen molar-refractivity contribution < 1.29 is 9.53 Å². The molecule has 154 valence electrons. The van der Waals surface area contributed by atoms with Gasteiger partial charge in [-0.2, -0.15) is 0 Å². The summed E-state index contributed by atoms with van der Waals surface area (Å²) in [6.45, 7) is 5.00. The van der Waals surface area contributed by atoms with Crippen LogP contribution in [-0.4, -0.2) is 41.4 Å². The molecule has 0 radical (unpaired) electrons. The lowest BCUT2D eigenvalue weighted by atomic mass is 10.1. The molecule has 8 heteroatoms. The maximum absolute atomic E-state index is 11.6. The van der Waals surface area contributed by atoms with Gasteiger partial charge in [-0.25, -0.2) is 0 Å². The van der Waals surface area contributed by atoms with Crippen molar-refractivity contribution in [3.63, 3.8) is 0 Å². The Labute approximate surface area is 184 Å². The average molecular weight is 448 g/mol. The van der Waals surface area contributed by atoms with Crippen molar-refractivity contribution >= 4 is 63.3 Å². The van der Waals surface area contributed by atoms with E-state index in [4.69, 9.17) is 4.74 Å². The van der Waals surface area contributed by atoms with Crippen LogP contribution in [0.1, 0.15) is 24.6 Å². The first-order chi connectivity index (χ1) is 14.0. The van der Waals surface area contributed by atoms with Crippen LogP contribution >= 0.6 is 35.7 Å². The third kappa shape index (κ3) is 5.81. The number of nitrogens with one attached hydrogen (secondary N) is 2. The van der Waals surface area contributed by atoms with E-state index in [0.717, 1.165) is 26.2 Å². The molecule has 3 heterocycles. The fourth-order valence-corrected chi connectivity index (χ4v) is 4.85. The molecule has 5 nitrogen and oxygen atoms in total. The van der Waals surface area contributed by atoms with Crippen LogP contribution in [-0.2, 0) is 9.53 Å². The summed E-state index contributed by atoms with van der Waals surface area (Å²) in [5.74, 6) is -0.147. The van der Waals surface area contributed by atoms with Gasteiger partial charge in [0.1, 0.15) is 5.04 Å². The maximum atomic E-state index is 11.6. The van der Waals surface area contributed by atoms with E-state index in [1.807, 2.05) is 31.5 Å². The largest absolute Gasteiger partial charge is 0.466 e. The molecule has 1 atom stereocenters. The summed E-state index contributed by atoms with van der Waals surface area (Å²) in [4.78, 5) is 19.6. The highest BCUT2D eigenvalue weighted by molar-refractivity contribution is 8.15. The first-order valence-corrected chi connectivity index (χ1v) is 11.6. The van der Waals surface area contributed by atoms with Gasteiger partial charge in [0.15, 0.2) is 0 Å². The van der Waals surface area contributed by atoms with Crippen LogP contribution in [0.15, 0.2) is 44.9 Å². The lowest BCUT2D eigenvalue weighted by molar-refractivity contribution is -0.143. The number of carbonyl (C=O) groups is 1. The number of nitrogens with zero attached hydrogens (tertiary/aromatic N) is 1. The van der Waals surface area contributed by atoms with Crippen molar-refractivity contribution in [2.75, 3.05) is 25.5 Å². The number of hydrogen-bond acceptors (Lipinski definition) is 7. The standard InChI is InChI=1S/C17H21N3O2S.C4H4S2/c1-4-22-15(21)8-12-9-19-17(23-12)14-7-11-5-10(2)6-13(18-3)16(11)20-14;5-4-2-1-3-6-4/h5-7,12,18,20H,4,8-9H2,1-3H3;1-3,5H. The number of benzene rings is 1. The van der Waals surface area contributed by atoms with Crippen molar-refractivity contribution in [3.8, 4) is 0 Å². The molecule has 0 spiro atoms. The number of carbonyl (C=O) groups excluding carboxylic acids is 1. The van der Waals surface area contributed by atoms with Crippen LogP contribution in [0.2, 0.25) is 0 Å². The summed E-state index contributed by atoms with van der Waals surface area (Å²) in [5, 5.41) is 7.53. The second-order valence-corrected chi connectivity index (χ2v) is 9.58. The molecule has 0 bridgehead atoms. The van der Waals surface area contributed by atoms with Gasteiger partial charge in [0.05, 0.1) is 40.7 Å². The Morgan fingerprint density at radius 3 is 2.86 bits per heavy atom. The van der Waals surface area contributed by atoms with Crippen molar-refractivity contribution in [2.24, 2.45) is 4.99 Å². The lowest BCUT2D eigenvalue weighted by Gasteiger charge is -2.06. The molecule has 0 fully saturated rings. The van der Waals surface area contributed by atoms with Gasteiger partial charge in [-0.1, -0.05) is 17.8 Å². The van der Waals surface area contributed by atoms with E-state index >= 15 is 0 Å². The third-order valence-electron chi connectivity index (χ3n) is 4.30. The summed E-state index contributed by atoms with van der Waals surface area (Å²) in [6.07, 6.45) is 0.409. The highest BCUT2D eigenvalue weighted by Gasteiger charge is 2.25. The van der Waals surface area contributed by atoms with Crippen LogP contribution in [0.4, 0.5) is 5.69 Å². The average Bonchev–Trinajstić information content (AvgIpc) is 3.42. The first kappa shape index (κ1) is 21.8. The number of thioether (sulfide) groups is 1. The van der Waals surface area contributed by atoms with E-state index in [-0.39, 0.29) is 11.2 Å². The molecule has 1 unspecified atom stereocenters. The van der Waals surface area contributed by atoms with Crippen LogP contribution in [0.25, 0.3) is 10.9 Å². The molecule has 1 aliphatic rings. The van der Waals surface area contributed by atoms with Gasteiger partial charge in [0.2, 0.25) is 0 Å². The molecule has 2 aromatic heterocycles. The lowest BCUT2D eigenvalue weighted by Crippen LogP contribution is -2.14. The molecular weight excluding hydrogens is 422 g/mol. The van der Waals surface area contributed by atoms with E-state index in [1.54, 1.807) is 23.1 Å². The number of hydrogen-bond donors (Lipinski definition) is 3. The van der Waals surface area contributed by atoms with E-state index in [2.05, 4.69) is 53.0 Å². The second kappa shape index (κ2) is 10.2. The van der Waals surface area contributed by atoms with Crippen LogP contribution in [0, 0.1) is 6.92 Å². The zero-order valence-corrected chi connectivity index (χ0v) is 19.2. The zero-order valence-electron chi connectivity index (χ0n) is 16.7. The van der Waals surface area contributed by atoms with Crippen molar-refractivity contribution in [2.45, 2.75) is 29.7 Å². The molecule has 4 rings (SSSR count). The number of anilines is 1. The normalized spacial score (nSPS) is 15.6. The number of thiol groups is 1. The number of aryl methyl sites for hydroxylation is 1. The SMILES string of the molecule is CCOC(=O)CC1CN=C(c2cc3cc(C)cc(NC)c3[nH]2)S1.Sc1cccs1. The maximum Gasteiger partial charge on any atom is 0.306 e. The molecule has 0 saturated carbocycles. The Balaban J connectivity index is 0.000000343. The molecule has 1 aliphatic heterocycles. The van der Waals surface area contributed by atoms with Gasteiger partial charge in [-0.3, -0.25) is 9.79 Å². The number of H-pyrrole nitrogens is 1. The first-order valence-electron chi connectivity index (χ1n) is 9.40. The van der Waals surface area contributed by atoms with Crippen LogP contribution in [0.3, 0.4) is 0 Å². The molecule has 3 aromatic rings. The number of rotatable bonds is 5. The van der Waals surface area contributed by atoms with Gasteiger partial charge in [-0.15, -0.1) is 24.0 Å². The van der Waals surface area contributed by atoms with E-state index in [9.17, 15) is 4.79 Å². The minimum Gasteiger partial charge on any atom is -0.466 e. The fraction of sp³-hybridized carbons (Fsp3) is 0.333. The van der Waals surface area contributed by atoms with E-state index in [0.29, 0.717) is 19.6 Å². The Hall–Kier alpha value is -1.90. The molecule has 1 aromatic carbocycles. The third-order valence-corrected chi connectivity index (χ3v) is 6.65. The molecular formula is C21H25N3O2S3. The number of aromatic nitrogens is 1. The number of ether oxygens (including phenoxy) is 1. The predicted molar refractivity (Wildman–Crippen MR) is 128 cm³/mol. The van der Waals surface area contributed by atoms with Gasteiger partial charge in [0.25, 0.3) is 0 Å². The Bertz CT molecular complexity index is 996. The Morgan fingerprint density at radius 1 is 1.41 bits per heavy atom. The highest BCUT2D eigenvalue weighted by Crippen LogP contribution is 2.31. The van der Waals surface area contributed by atoms with Crippen molar-refractivity contribution in [1.29, 1.82) is 0 Å².